The second-order valence-electron chi connectivity index (χ2n) is 7.33. The van der Waals surface area contributed by atoms with E-state index in [2.05, 4.69) is 39.9 Å². The van der Waals surface area contributed by atoms with Gasteiger partial charge in [-0.05, 0) is 48.9 Å². The number of aldehydes is 1. The van der Waals surface area contributed by atoms with Crippen molar-refractivity contribution in [2.45, 2.75) is 58.2 Å². The molecule has 0 spiro atoms. The van der Waals surface area contributed by atoms with Gasteiger partial charge in [0.1, 0.15) is 6.29 Å². The minimum Gasteiger partial charge on any atom is -0.417 e. The van der Waals surface area contributed by atoms with E-state index in [4.69, 9.17) is 4.43 Å². The van der Waals surface area contributed by atoms with E-state index in [1.54, 1.807) is 0 Å². The molecule has 0 aromatic heterocycles. The Hall–Kier alpha value is -0.673. The summed E-state index contributed by atoms with van der Waals surface area (Å²) in [6, 6.07) is 0. The van der Waals surface area contributed by atoms with Gasteiger partial charge in [0.05, 0.1) is 0 Å². The van der Waals surface area contributed by atoms with Crippen LogP contribution in [0.2, 0.25) is 18.1 Å². The molecule has 114 valence electrons. The van der Waals surface area contributed by atoms with Crippen LogP contribution < -0.4 is 0 Å². The molecule has 0 aromatic rings. The van der Waals surface area contributed by atoms with Crippen molar-refractivity contribution in [1.29, 1.82) is 0 Å². The van der Waals surface area contributed by atoms with E-state index >= 15 is 0 Å². The van der Waals surface area contributed by atoms with E-state index < -0.39 is 8.32 Å². The van der Waals surface area contributed by atoms with Crippen LogP contribution in [0.15, 0.2) is 24.3 Å². The highest BCUT2D eigenvalue weighted by Crippen LogP contribution is 2.39. The minimum atomic E-state index is -1.63. The molecule has 1 rings (SSSR count). The lowest BCUT2D eigenvalue weighted by Gasteiger charge is -2.37. The van der Waals surface area contributed by atoms with Gasteiger partial charge in [-0.1, -0.05) is 45.4 Å². The first kappa shape index (κ1) is 17.4. The maximum atomic E-state index is 10.2. The lowest BCUT2D eigenvalue weighted by Crippen LogP contribution is -2.42. The van der Waals surface area contributed by atoms with Crippen molar-refractivity contribution in [3.05, 3.63) is 24.3 Å². The van der Waals surface area contributed by atoms with Crippen molar-refractivity contribution in [2.24, 2.45) is 11.8 Å². The van der Waals surface area contributed by atoms with E-state index in [9.17, 15) is 4.79 Å². The monoisotopic (exact) mass is 294 g/mol. The van der Waals surface area contributed by atoms with Gasteiger partial charge in [0.15, 0.2) is 8.32 Å². The average molecular weight is 295 g/mol. The fourth-order valence-electron chi connectivity index (χ4n) is 2.37. The second-order valence-corrected chi connectivity index (χ2v) is 12.1. The van der Waals surface area contributed by atoms with Crippen LogP contribution >= 0.6 is 0 Å². The first-order valence-electron chi connectivity index (χ1n) is 7.70. The van der Waals surface area contributed by atoms with Gasteiger partial charge in [-0.3, -0.25) is 4.79 Å². The van der Waals surface area contributed by atoms with Crippen LogP contribution in [-0.2, 0) is 9.22 Å². The zero-order chi connectivity index (χ0) is 15.2. The van der Waals surface area contributed by atoms with Crippen LogP contribution in [-0.4, -0.2) is 21.2 Å². The fourth-order valence-corrected chi connectivity index (χ4v) is 3.44. The first-order valence-corrected chi connectivity index (χ1v) is 10.6. The lowest BCUT2D eigenvalue weighted by atomic mass is 9.96. The Morgan fingerprint density at radius 1 is 1.15 bits per heavy atom. The molecule has 0 bridgehead atoms. The van der Waals surface area contributed by atoms with Gasteiger partial charge in [-0.2, -0.15) is 0 Å². The molecule has 2 atom stereocenters. The molecule has 1 saturated carbocycles. The summed E-state index contributed by atoms with van der Waals surface area (Å²) in [7, 11) is -1.63. The Morgan fingerprint density at radius 3 is 2.45 bits per heavy atom. The van der Waals surface area contributed by atoms with Crippen LogP contribution in [0.1, 0.15) is 40.0 Å². The van der Waals surface area contributed by atoms with Gasteiger partial charge in [-0.25, -0.2) is 0 Å². The average Bonchev–Trinajstić information content (AvgIpc) is 2.78. The summed E-state index contributed by atoms with van der Waals surface area (Å²) in [6.45, 7) is 12.4. The Bertz CT molecular complexity index is 364. The normalized spacial score (nSPS) is 24.9. The van der Waals surface area contributed by atoms with E-state index in [1.807, 2.05) is 12.2 Å². The number of carbonyl (C=O) groups excluding carboxylic acids is 1. The molecule has 1 fully saturated rings. The van der Waals surface area contributed by atoms with Gasteiger partial charge in [0, 0.05) is 6.61 Å². The number of hydrogen-bond donors (Lipinski definition) is 0. The molecule has 0 aliphatic heterocycles. The molecule has 0 amide bonds. The molecule has 1 aliphatic carbocycles. The van der Waals surface area contributed by atoms with Crippen LogP contribution in [0, 0.1) is 11.8 Å². The largest absolute Gasteiger partial charge is 0.417 e. The Balaban J connectivity index is 2.52. The smallest absolute Gasteiger partial charge is 0.191 e. The van der Waals surface area contributed by atoms with Gasteiger partial charge in [0.2, 0.25) is 0 Å². The SMILES string of the molecule is CC(C)(C)[Si](C)(C)OC[C@@H]1CCC[C@H]1C=CC=CC=O. The summed E-state index contributed by atoms with van der Waals surface area (Å²) in [5.74, 6) is 1.25. The number of allylic oxidation sites excluding steroid dienone is 4. The third kappa shape index (κ3) is 5.02. The Morgan fingerprint density at radius 2 is 1.85 bits per heavy atom. The molecule has 0 aromatic carbocycles. The molecular formula is C17H30O2Si. The highest BCUT2D eigenvalue weighted by molar-refractivity contribution is 6.74. The van der Waals surface area contributed by atoms with Gasteiger partial charge >= 0.3 is 0 Å². The molecular weight excluding hydrogens is 264 g/mol. The molecule has 0 radical (unpaired) electrons. The quantitative estimate of drug-likeness (QED) is 0.306. The zero-order valence-corrected chi connectivity index (χ0v) is 14.7. The predicted octanol–water partition coefficient (Wildman–Crippen LogP) is 4.74. The van der Waals surface area contributed by atoms with Crippen LogP contribution in [0.4, 0.5) is 0 Å². The highest BCUT2D eigenvalue weighted by Gasteiger charge is 2.38. The van der Waals surface area contributed by atoms with E-state index in [-0.39, 0.29) is 5.04 Å². The third-order valence-electron chi connectivity index (χ3n) is 4.84. The van der Waals surface area contributed by atoms with Crippen molar-refractivity contribution < 1.29 is 9.22 Å². The molecule has 2 nitrogen and oxygen atoms in total. The summed E-state index contributed by atoms with van der Waals surface area (Å²) in [5.41, 5.74) is 0. The number of carbonyl (C=O) groups is 1. The van der Waals surface area contributed by atoms with Crippen molar-refractivity contribution in [3.63, 3.8) is 0 Å². The molecule has 3 heteroatoms. The molecule has 20 heavy (non-hydrogen) atoms. The molecule has 0 heterocycles. The summed E-state index contributed by atoms with van der Waals surface area (Å²) >= 11 is 0. The van der Waals surface area contributed by atoms with Crippen LogP contribution in [0.25, 0.3) is 0 Å². The fraction of sp³-hybridized carbons (Fsp3) is 0.706. The summed E-state index contributed by atoms with van der Waals surface area (Å²) in [5, 5.41) is 0.281. The van der Waals surface area contributed by atoms with Crippen molar-refractivity contribution in [3.8, 4) is 0 Å². The van der Waals surface area contributed by atoms with Gasteiger partial charge in [0.25, 0.3) is 0 Å². The molecule has 0 unspecified atom stereocenters. The maximum Gasteiger partial charge on any atom is 0.191 e. The van der Waals surface area contributed by atoms with E-state index in [0.717, 1.165) is 12.9 Å². The number of hydrogen-bond acceptors (Lipinski definition) is 2. The summed E-state index contributed by atoms with van der Waals surface area (Å²) in [6.07, 6.45) is 12.2. The predicted molar refractivity (Wildman–Crippen MR) is 88.3 cm³/mol. The summed E-state index contributed by atoms with van der Waals surface area (Å²) < 4.78 is 6.37. The Labute approximate surface area is 125 Å². The van der Waals surface area contributed by atoms with Gasteiger partial charge < -0.3 is 4.43 Å². The topological polar surface area (TPSA) is 26.3 Å². The van der Waals surface area contributed by atoms with E-state index in [0.29, 0.717) is 11.8 Å². The minimum absolute atomic E-state index is 0.281. The Kier molecular flexibility index (Phi) is 6.40. The van der Waals surface area contributed by atoms with E-state index in [1.165, 1.54) is 25.3 Å². The first-order chi connectivity index (χ1) is 9.28. The standard InChI is InChI=1S/C17H30O2Si/c1-17(2,3)20(4,5)19-14-16-12-9-11-15(16)10-7-6-8-13-18/h6-8,10,13,15-16H,9,11-12,14H2,1-5H3/t15-,16+/m1/s1. The van der Waals surface area contributed by atoms with Crippen molar-refractivity contribution >= 4 is 14.6 Å². The van der Waals surface area contributed by atoms with Crippen LogP contribution in [0.3, 0.4) is 0 Å². The summed E-state index contributed by atoms with van der Waals surface area (Å²) in [4.78, 5) is 10.2. The van der Waals surface area contributed by atoms with Crippen molar-refractivity contribution in [2.75, 3.05) is 6.61 Å². The number of rotatable bonds is 6. The van der Waals surface area contributed by atoms with Gasteiger partial charge in [-0.15, -0.1) is 0 Å². The second kappa shape index (κ2) is 7.37. The molecule has 0 N–H and O–H groups in total. The molecule has 1 aliphatic rings. The third-order valence-corrected chi connectivity index (χ3v) is 9.34. The zero-order valence-electron chi connectivity index (χ0n) is 13.7. The maximum absolute atomic E-state index is 10.2. The van der Waals surface area contributed by atoms with Crippen LogP contribution in [0.5, 0.6) is 0 Å². The lowest BCUT2D eigenvalue weighted by molar-refractivity contribution is -0.104. The molecule has 0 saturated heterocycles. The van der Waals surface area contributed by atoms with Crippen molar-refractivity contribution in [1.82, 2.24) is 0 Å². The highest BCUT2D eigenvalue weighted by atomic mass is 28.4.